The van der Waals surface area contributed by atoms with Crippen molar-refractivity contribution in [3.8, 4) is 0 Å². The molecule has 16 heavy (non-hydrogen) atoms. The van der Waals surface area contributed by atoms with Gasteiger partial charge in [-0.15, -0.1) is 0 Å². The lowest BCUT2D eigenvalue weighted by Gasteiger charge is -1.96. The first-order valence-electron chi connectivity index (χ1n) is 5.33. The average molecular weight is 223 g/mol. The predicted octanol–water partition coefficient (Wildman–Crippen LogP) is 1.98. The topological polar surface area (TPSA) is 62.3 Å². The molecule has 0 saturated carbocycles. The van der Waals surface area contributed by atoms with Gasteiger partial charge in [-0.05, 0) is 31.9 Å². The van der Waals surface area contributed by atoms with E-state index < -0.39 is 0 Å². The lowest BCUT2D eigenvalue weighted by molar-refractivity contribution is 0.0520. The number of rotatable bonds is 5. The number of ether oxygens (including phenoxy) is 1. The number of esters is 1. The minimum atomic E-state index is -0.349. The molecule has 1 rings (SSSR count). The zero-order valence-corrected chi connectivity index (χ0v) is 9.56. The highest BCUT2D eigenvalue weighted by atomic mass is 16.5. The molecular weight excluding hydrogens is 206 g/mol. The van der Waals surface area contributed by atoms with Crippen LogP contribution < -0.4 is 0 Å². The number of nitrogens with one attached hydrogen (secondary N) is 1. The predicted molar refractivity (Wildman–Crippen MR) is 62.1 cm³/mol. The Morgan fingerprint density at radius 3 is 3.06 bits per heavy atom. The van der Waals surface area contributed by atoms with E-state index in [0.29, 0.717) is 18.7 Å². The Kier molecular flexibility index (Phi) is 4.79. The van der Waals surface area contributed by atoms with Crippen LogP contribution in [0.15, 0.2) is 18.3 Å². The summed E-state index contributed by atoms with van der Waals surface area (Å²) in [5, 5.41) is 9.06. The molecule has 0 radical (unpaired) electrons. The van der Waals surface area contributed by atoms with Crippen LogP contribution in [0.2, 0.25) is 0 Å². The van der Waals surface area contributed by atoms with Crippen molar-refractivity contribution >= 4 is 12.0 Å². The Hall–Kier alpha value is -1.55. The van der Waals surface area contributed by atoms with Crippen LogP contribution in [0.25, 0.3) is 6.08 Å². The second-order valence-electron chi connectivity index (χ2n) is 3.55. The molecule has 1 heterocycles. The summed E-state index contributed by atoms with van der Waals surface area (Å²) in [5.41, 5.74) is 1.34. The van der Waals surface area contributed by atoms with E-state index in [-0.39, 0.29) is 12.1 Å². The van der Waals surface area contributed by atoms with Crippen molar-refractivity contribution in [3.63, 3.8) is 0 Å². The molecule has 1 atom stereocenters. The number of carbonyl (C=O) groups is 1. The van der Waals surface area contributed by atoms with Crippen molar-refractivity contribution < 1.29 is 14.6 Å². The van der Waals surface area contributed by atoms with Gasteiger partial charge in [0.15, 0.2) is 0 Å². The van der Waals surface area contributed by atoms with Gasteiger partial charge in [0.05, 0.1) is 12.7 Å². The van der Waals surface area contributed by atoms with Crippen LogP contribution in [0.3, 0.4) is 0 Å². The first kappa shape index (κ1) is 12.5. The largest absolute Gasteiger partial charge is 0.461 e. The summed E-state index contributed by atoms with van der Waals surface area (Å²) >= 11 is 0. The first-order valence-corrected chi connectivity index (χ1v) is 5.33. The molecule has 88 valence electrons. The highest BCUT2D eigenvalue weighted by Crippen LogP contribution is 2.08. The molecule has 4 heteroatoms. The van der Waals surface area contributed by atoms with Gasteiger partial charge < -0.3 is 14.8 Å². The number of hydrogen-bond acceptors (Lipinski definition) is 3. The fraction of sp³-hybridized carbons (Fsp3) is 0.417. The van der Waals surface area contributed by atoms with Crippen molar-refractivity contribution in [2.75, 3.05) is 6.61 Å². The highest BCUT2D eigenvalue weighted by Gasteiger charge is 2.07. The monoisotopic (exact) mass is 223 g/mol. The number of hydrogen-bond donors (Lipinski definition) is 2. The highest BCUT2D eigenvalue weighted by molar-refractivity contribution is 5.88. The van der Waals surface area contributed by atoms with Crippen LogP contribution in [0, 0.1) is 0 Å². The molecule has 0 aliphatic heterocycles. The van der Waals surface area contributed by atoms with Crippen molar-refractivity contribution in [1.29, 1.82) is 0 Å². The third-order valence-electron chi connectivity index (χ3n) is 1.99. The Labute approximate surface area is 94.9 Å². The fourth-order valence-electron chi connectivity index (χ4n) is 1.24. The minimum absolute atomic E-state index is 0.347. The molecule has 0 spiro atoms. The van der Waals surface area contributed by atoms with E-state index in [1.54, 1.807) is 26.1 Å². The lowest BCUT2D eigenvalue weighted by atomic mass is 10.2. The SMILES string of the molecule is CCOC(=O)c1cc(C=CCC(C)O)c[nH]1. The Morgan fingerprint density at radius 2 is 2.44 bits per heavy atom. The minimum Gasteiger partial charge on any atom is -0.461 e. The van der Waals surface area contributed by atoms with E-state index >= 15 is 0 Å². The van der Waals surface area contributed by atoms with Crippen molar-refractivity contribution in [1.82, 2.24) is 4.98 Å². The zero-order chi connectivity index (χ0) is 12.0. The second-order valence-corrected chi connectivity index (χ2v) is 3.55. The van der Waals surface area contributed by atoms with E-state index in [1.807, 2.05) is 12.2 Å². The molecule has 0 aliphatic carbocycles. The second kappa shape index (κ2) is 6.12. The molecular formula is C12H17NO3. The average Bonchev–Trinajstić information content (AvgIpc) is 2.66. The summed E-state index contributed by atoms with van der Waals surface area (Å²) in [6.45, 7) is 3.86. The van der Waals surface area contributed by atoms with Crippen LogP contribution in [-0.4, -0.2) is 28.8 Å². The maximum atomic E-state index is 11.3. The molecule has 0 aromatic carbocycles. The summed E-state index contributed by atoms with van der Waals surface area (Å²) in [4.78, 5) is 14.2. The van der Waals surface area contributed by atoms with Crippen molar-refractivity contribution in [2.24, 2.45) is 0 Å². The maximum absolute atomic E-state index is 11.3. The standard InChI is InChI=1S/C12H17NO3/c1-3-16-12(15)11-7-10(8-13-11)6-4-5-9(2)14/h4,6-9,13-14H,3,5H2,1-2H3. The maximum Gasteiger partial charge on any atom is 0.354 e. The summed E-state index contributed by atoms with van der Waals surface area (Å²) < 4.78 is 4.85. The van der Waals surface area contributed by atoms with E-state index in [9.17, 15) is 4.79 Å². The van der Waals surface area contributed by atoms with Gasteiger partial charge in [0.25, 0.3) is 0 Å². The van der Waals surface area contributed by atoms with Gasteiger partial charge in [0.1, 0.15) is 5.69 Å². The van der Waals surface area contributed by atoms with E-state index in [0.717, 1.165) is 5.56 Å². The van der Waals surface area contributed by atoms with Crippen LogP contribution >= 0.6 is 0 Å². The van der Waals surface area contributed by atoms with Crippen molar-refractivity contribution in [2.45, 2.75) is 26.4 Å². The summed E-state index contributed by atoms with van der Waals surface area (Å²) in [6.07, 6.45) is 5.69. The Balaban J connectivity index is 2.57. The number of aromatic nitrogens is 1. The molecule has 1 unspecified atom stereocenters. The number of aromatic amines is 1. The van der Waals surface area contributed by atoms with Gasteiger partial charge in [0.2, 0.25) is 0 Å². The molecule has 2 N–H and O–H groups in total. The molecule has 0 aliphatic rings. The number of carbonyl (C=O) groups excluding carboxylic acids is 1. The van der Waals surface area contributed by atoms with Crippen molar-refractivity contribution in [3.05, 3.63) is 29.6 Å². The molecule has 1 aromatic rings. The third kappa shape index (κ3) is 3.90. The lowest BCUT2D eigenvalue weighted by Crippen LogP contribution is -2.04. The summed E-state index contributed by atoms with van der Waals surface area (Å²) in [7, 11) is 0. The molecule has 0 bridgehead atoms. The third-order valence-corrected chi connectivity index (χ3v) is 1.99. The van der Waals surface area contributed by atoms with Crippen LogP contribution in [0.4, 0.5) is 0 Å². The van der Waals surface area contributed by atoms with Crippen LogP contribution in [0.5, 0.6) is 0 Å². The first-order chi connectivity index (χ1) is 7.63. The smallest absolute Gasteiger partial charge is 0.354 e. The van der Waals surface area contributed by atoms with Gasteiger partial charge in [0, 0.05) is 6.20 Å². The Morgan fingerprint density at radius 1 is 1.69 bits per heavy atom. The molecule has 0 fully saturated rings. The van der Waals surface area contributed by atoms with Gasteiger partial charge in [-0.25, -0.2) is 4.79 Å². The van der Waals surface area contributed by atoms with Crippen LogP contribution in [0.1, 0.15) is 36.3 Å². The molecule has 0 amide bonds. The van der Waals surface area contributed by atoms with Gasteiger partial charge >= 0.3 is 5.97 Å². The number of aliphatic hydroxyl groups is 1. The summed E-state index contributed by atoms with van der Waals surface area (Å²) in [6, 6.07) is 1.72. The Bertz CT molecular complexity index is 366. The molecule has 0 saturated heterocycles. The molecule has 4 nitrogen and oxygen atoms in total. The van der Waals surface area contributed by atoms with E-state index in [1.165, 1.54) is 0 Å². The van der Waals surface area contributed by atoms with Gasteiger partial charge in [-0.3, -0.25) is 0 Å². The summed E-state index contributed by atoms with van der Waals surface area (Å²) in [5.74, 6) is -0.349. The van der Waals surface area contributed by atoms with Gasteiger partial charge in [-0.1, -0.05) is 12.2 Å². The van der Waals surface area contributed by atoms with E-state index in [2.05, 4.69) is 4.98 Å². The quantitative estimate of drug-likeness (QED) is 0.750. The molecule has 1 aromatic heterocycles. The normalized spacial score (nSPS) is 12.9. The number of H-pyrrole nitrogens is 1. The van der Waals surface area contributed by atoms with Gasteiger partial charge in [-0.2, -0.15) is 0 Å². The number of aliphatic hydroxyl groups excluding tert-OH is 1. The zero-order valence-electron chi connectivity index (χ0n) is 9.56. The van der Waals surface area contributed by atoms with Crippen LogP contribution in [-0.2, 0) is 4.74 Å². The fourth-order valence-corrected chi connectivity index (χ4v) is 1.24. The van der Waals surface area contributed by atoms with E-state index in [4.69, 9.17) is 9.84 Å².